The number of hydrogen-bond donors (Lipinski definition) is 2. The van der Waals surface area contributed by atoms with Crippen LogP contribution in [0, 0.1) is 0 Å². The molecule has 3 nitrogen and oxygen atoms in total. The summed E-state index contributed by atoms with van der Waals surface area (Å²) in [5.74, 6) is 2.59. The Bertz CT molecular complexity index is 802. The molecule has 2 aromatic rings. The number of unbranched alkanes of at least 4 members (excludes halogenated alkanes) is 3. The van der Waals surface area contributed by atoms with Gasteiger partial charge in [-0.25, -0.2) is 0 Å². The van der Waals surface area contributed by atoms with Crippen LogP contribution in [0.5, 0.6) is 0 Å². The Morgan fingerprint density at radius 3 is 1.32 bits per heavy atom. The second-order valence-electron chi connectivity index (χ2n) is 10.8. The molecule has 0 unspecified atom stereocenters. The Morgan fingerprint density at radius 1 is 0.618 bits per heavy atom. The molecule has 0 radical (unpaired) electrons. The summed E-state index contributed by atoms with van der Waals surface area (Å²) in [5.41, 5.74) is 7.78. The molecule has 3 heteroatoms. The van der Waals surface area contributed by atoms with Crippen molar-refractivity contribution >= 4 is 17.3 Å². The Balaban J connectivity index is 2.53. The fourth-order valence-corrected chi connectivity index (χ4v) is 4.47. The molecule has 0 saturated carbocycles. The number of nitrogens with one attached hydrogen (secondary N) is 2. The third-order valence-electron chi connectivity index (χ3n) is 6.51. The van der Waals surface area contributed by atoms with Gasteiger partial charge in [-0.15, -0.1) is 0 Å². The van der Waals surface area contributed by atoms with Gasteiger partial charge in [0.25, 0.3) is 0 Å². The average molecular weight is 464 g/mol. The van der Waals surface area contributed by atoms with Crippen molar-refractivity contribution in [3.05, 3.63) is 58.7 Å². The van der Waals surface area contributed by atoms with Crippen LogP contribution in [-0.2, 0) is 0 Å². The fourth-order valence-electron chi connectivity index (χ4n) is 4.47. The molecule has 0 atom stereocenters. The highest BCUT2D eigenvalue weighted by atomic mass is 15.2. The zero-order chi connectivity index (χ0) is 25.3. The number of rotatable bonds is 11. The molecule has 2 N–H and O–H groups in total. The summed E-state index contributed by atoms with van der Waals surface area (Å²) < 4.78 is 0. The van der Waals surface area contributed by atoms with Crippen molar-refractivity contribution in [2.24, 2.45) is 4.99 Å². The Labute approximate surface area is 209 Å². The van der Waals surface area contributed by atoms with Crippen LogP contribution >= 0.6 is 0 Å². The Hall–Kier alpha value is -2.29. The number of hydrogen-bond acceptors (Lipinski definition) is 1. The van der Waals surface area contributed by atoms with Crippen molar-refractivity contribution in [2.45, 2.75) is 112 Å². The second-order valence-corrected chi connectivity index (χ2v) is 10.8. The number of aliphatic imine (C=N–C) groups is 1. The summed E-state index contributed by atoms with van der Waals surface area (Å²) in [7, 11) is 0. The van der Waals surface area contributed by atoms with Crippen molar-refractivity contribution in [1.82, 2.24) is 0 Å². The van der Waals surface area contributed by atoms with E-state index in [1.165, 1.54) is 52.9 Å². The largest absolute Gasteiger partial charge is 0.326 e. The van der Waals surface area contributed by atoms with Crippen LogP contribution in [0.15, 0.2) is 41.4 Å². The molecule has 188 valence electrons. The Kier molecular flexibility index (Phi) is 11.1. The third-order valence-corrected chi connectivity index (χ3v) is 6.51. The minimum Gasteiger partial charge on any atom is -0.326 e. The van der Waals surface area contributed by atoms with E-state index in [0.29, 0.717) is 23.7 Å². The van der Waals surface area contributed by atoms with E-state index in [4.69, 9.17) is 4.99 Å². The van der Waals surface area contributed by atoms with Crippen molar-refractivity contribution in [2.75, 3.05) is 17.2 Å². The van der Waals surface area contributed by atoms with Crippen LogP contribution < -0.4 is 10.6 Å². The summed E-state index contributed by atoms with van der Waals surface area (Å²) in [4.78, 5) is 5.08. The van der Waals surface area contributed by atoms with E-state index < -0.39 is 0 Å². The molecule has 0 aliphatic rings. The third kappa shape index (κ3) is 7.61. The summed E-state index contributed by atoms with van der Waals surface area (Å²) in [6.45, 7) is 21.2. The van der Waals surface area contributed by atoms with E-state index in [9.17, 15) is 0 Å². The van der Waals surface area contributed by atoms with E-state index in [2.05, 4.69) is 109 Å². The lowest BCUT2D eigenvalue weighted by Crippen LogP contribution is -2.26. The van der Waals surface area contributed by atoms with Gasteiger partial charge in [-0.1, -0.05) is 118 Å². The first-order valence-corrected chi connectivity index (χ1v) is 13.5. The number of anilines is 2. The van der Waals surface area contributed by atoms with Crippen LogP contribution in [0.25, 0.3) is 0 Å². The first-order valence-electron chi connectivity index (χ1n) is 13.5. The molecule has 0 saturated heterocycles. The number of para-hydroxylation sites is 2. The lowest BCUT2D eigenvalue weighted by Gasteiger charge is -2.25. The molecule has 0 aromatic heterocycles. The highest BCUT2D eigenvalue weighted by Crippen LogP contribution is 2.35. The van der Waals surface area contributed by atoms with Crippen molar-refractivity contribution in [3.63, 3.8) is 0 Å². The van der Waals surface area contributed by atoms with Gasteiger partial charge < -0.3 is 10.6 Å². The monoisotopic (exact) mass is 463 g/mol. The van der Waals surface area contributed by atoms with Gasteiger partial charge in [0.1, 0.15) is 0 Å². The molecule has 0 aliphatic heterocycles. The van der Waals surface area contributed by atoms with Crippen LogP contribution in [0.4, 0.5) is 11.4 Å². The zero-order valence-corrected chi connectivity index (χ0v) is 23.3. The topological polar surface area (TPSA) is 36.4 Å². The van der Waals surface area contributed by atoms with Gasteiger partial charge in [0.05, 0.1) is 0 Å². The lowest BCUT2D eigenvalue weighted by atomic mass is 9.92. The molecule has 0 aliphatic carbocycles. The molecule has 2 rings (SSSR count). The molecular weight excluding hydrogens is 414 g/mol. The molecule has 34 heavy (non-hydrogen) atoms. The fraction of sp³-hybridized carbons (Fsp3) is 0.581. The predicted octanol–water partition coefficient (Wildman–Crippen LogP) is 9.64. The lowest BCUT2D eigenvalue weighted by molar-refractivity contribution is 0.675. The molecule has 0 spiro atoms. The molecule has 0 fully saturated rings. The first-order chi connectivity index (χ1) is 16.2. The minimum atomic E-state index is 0.432. The quantitative estimate of drug-likeness (QED) is 0.198. The minimum absolute atomic E-state index is 0.432. The van der Waals surface area contributed by atoms with E-state index >= 15 is 0 Å². The maximum atomic E-state index is 5.08. The second kappa shape index (κ2) is 13.6. The zero-order valence-electron chi connectivity index (χ0n) is 23.3. The maximum Gasteiger partial charge on any atom is 0.200 e. The van der Waals surface area contributed by atoms with Crippen LogP contribution in [0.2, 0.25) is 0 Å². The van der Waals surface area contributed by atoms with Gasteiger partial charge in [-0.3, -0.25) is 4.99 Å². The van der Waals surface area contributed by atoms with E-state index in [-0.39, 0.29) is 0 Å². The van der Waals surface area contributed by atoms with Gasteiger partial charge in [0.2, 0.25) is 0 Å². The predicted molar refractivity (Wildman–Crippen MR) is 153 cm³/mol. The molecule has 2 aromatic carbocycles. The molecule has 0 bridgehead atoms. The normalized spacial score (nSPS) is 11.6. The van der Waals surface area contributed by atoms with Gasteiger partial charge in [-0.05, 0) is 52.3 Å². The number of guanidine groups is 1. The maximum absolute atomic E-state index is 5.08. The van der Waals surface area contributed by atoms with Crippen LogP contribution in [0.3, 0.4) is 0 Å². The summed E-state index contributed by atoms with van der Waals surface area (Å²) in [6, 6.07) is 13.4. The molecular formula is C31H49N3. The number of benzene rings is 2. The van der Waals surface area contributed by atoms with Gasteiger partial charge >= 0.3 is 0 Å². The summed E-state index contributed by atoms with van der Waals surface area (Å²) in [6.07, 6.45) is 4.86. The SMILES string of the molecule is CCCCCCN=C(Nc1c(C(C)C)cccc1C(C)C)Nc1c(C(C)C)cccc1C(C)C. The first kappa shape index (κ1) is 28.0. The van der Waals surface area contributed by atoms with E-state index in [1.807, 2.05) is 0 Å². The highest BCUT2D eigenvalue weighted by molar-refractivity contribution is 6.05. The van der Waals surface area contributed by atoms with Gasteiger partial charge in [-0.2, -0.15) is 0 Å². The average Bonchev–Trinajstić information content (AvgIpc) is 2.78. The van der Waals surface area contributed by atoms with Crippen molar-refractivity contribution in [1.29, 1.82) is 0 Å². The van der Waals surface area contributed by atoms with Gasteiger partial charge in [0.15, 0.2) is 5.96 Å². The number of nitrogens with zero attached hydrogens (tertiary/aromatic N) is 1. The molecule has 0 heterocycles. The van der Waals surface area contributed by atoms with Crippen LogP contribution in [-0.4, -0.2) is 12.5 Å². The van der Waals surface area contributed by atoms with E-state index in [0.717, 1.165) is 18.9 Å². The van der Waals surface area contributed by atoms with E-state index in [1.54, 1.807) is 0 Å². The highest BCUT2D eigenvalue weighted by Gasteiger charge is 2.18. The molecule has 0 amide bonds. The van der Waals surface area contributed by atoms with Crippen molar-refractivity contribution < 1.29 is 0 Å². The van der Waals surface area contributed by atoms with Crippen molar-refractivity contribution in [3.8, 4) is 0 Å². The smallest absolute Gasteiger partial charge is 0.200 e. The standard InChI is InChI=1S/C31H49N3/c1-10-11-12-13-20-32-31(33-29-25(21(2)3)16-14-17-26(29)22(4)5)34-30-27(23(6)7)18-15-19-28(30)24(8)9/h14-19,21-24H,10-13,20H2,1-9H3,(H2,32,33,34). The summed E-state index contributed by atoms with van der Waals surface area (Å²) >= 11 is 0. The Morgan fingerprint density at radius 2 is 1.00 bits per heavy atom. The summed E-state index contributed by atoms with van der Waals surface area (Å²) in [5, 5.41) is 7.58. The van der Waals surface area contributed by atoms with Gasteiger partial charge in [0, 0.05) is 17.9 Å². The van der Waals surface area contributed by atoms with Crippen LogP contribution in [0.1, 0.15) is 134 Å².